The smallest absolute Gasteiger partial charge is 0.137 e. The molecular formula is C15H14FNO2S. The number of benzene rings is 2. The van der Waals surface area contributed by atoms with Crippen molar-refractivity contribution in [2.24, 2.45) is 5.73 Å². The first kappa shape index (κ1) is 14.3. The molecule has 0 aliphatic carbocycles. The molecule has 0 fully saturated rings. The molecule has 0 saturated heterocycles. The zero-order valence-corrected chi connectivity index (χ0v) is 11.7. The van der Waals surface area contributed by atoms with E-state index in [1.165, 1.54) is 6.07 Å². The van der Waals surface area contributed by atoms with Crippen LogP contribution in [-0.4, -0.2) is 12.1 Å². The number of para-hydroxylation sites is 1. The summed E-state index contributed by atoms with van der Waals surface area (Å²) in [6, 6.07) is 11.9. The van der Waals surface area contributed by atoms with Crippen LogP contribution in [0.25, 0.3) is 0 Å². The third-order valence-corrected chi connectivity index (χ3v) is 3.00. The molecule has 104 valence electrons. The Morgan fingerprint density at radius 1 is 1.15 bits per heavy atom. The fourth-order valence-electron chi connectivity index (χ4n) is 1.84. The average molecular weight is 291 g/mol. The van der Waals surface area contributed by atoms with Crippen LogP contribution in [0.15, 0.2) is 42.5 Å². The third-order valence-electron chi connectivity index (χ3n) is 2.80. The zero-order chi connectivity index (χ0) is 14.5. The number of thiocarbonyl (C=S) groups is 1. The third kappa shape index (κ3) is 3.05. The normalized spacial score (nSPS) is 10.1. The van der Waals surface area contributed by atoms with E-state index in [9.17, 15) is 4.39 Å². The number of nitrogens with two attached hydrogens (primary N) is 1. The van der Waals surface area contributed by atoms with Gasteiger partial charge in [0.1, 0.15) is 28.9 Å². The average Bonchev–Trinajstić information content (AvgIpc) is 2.45. The summed E-state index contributed by atoms with van der Waals surface area (Å²) >= 11 is 4.85. The molecule has 0 aromatic heterocycles. The molecule has 2 N–H and O–H groups in total. The molecule has 3 nitrogen and oxygen atoms in total. The molecule has 5 heteroatoms. The van der Waals surface area contributed by atoms with Crippen molar-refractivity contribution in [3.05, 3.63) is 59.4 Å². The highest BCUT2D eigenvalue weighted by Crippen LogP contribution is 2.24. The highest BCUT2D eigenvalue weighted by molar-refractivity contribution is 7.80. The van der Waals surface area contributed by atoms with Gasteiger partial charge < -0.3 is 15.2 Å². The lowest BCUT2D eigenvalue weighted by Gasteiger charge is -2.13. The van der Waals surface area contributed by atoms with Crippen molar-refractivity contribution in [3.63, 3.8) is 0 Å². The van der Waals surface area contributed by atoms with E-state index in [2.05, 4.69) is 0 Å². The molecule has 20 heavy (non-hydrogen) atoms. The van der Waals surface area contributed by atoms with Gasteiger partial charge in [0.15, 0.2) is 0 Å². The Kier molecular flexibility index (Phi) is 4.53. The van der Waals surface area contributed by atoms with E-state index in [0.717, 1.165) is 5.56 Å². The summed E-state index contributed by atoms with van der Waals surface area (Å²) in [5.74, 6) is 0.541. The topological polar surface area (TPSA) is 44.5 Å². The first-order chi connectivity index (χ1) is 9.63. The quantitative estimate of drug-likeness (QED) is 0.860. The van der Waals surface area contributed by atoms with Crippen molar-refractivity contribution in [3.8, 4) is 11.5 Å². The van der Waals surface area contributed by atoms with Crippen LogP contribution in [0.5, 0.6) is 11.5 Å². The molecule has 0 radical (unpaired) electrons. The summed E-state index contributed by atoms with van der Waals surface area (Å²) < 4.78 is 24.6. The minimum atomic E-state index is -0.491. The maximum absolute atomic E-state index is 13.7. The second-order valence-electron chi connectivity index (χ2n) is 4.08. The van der Waals surface area contributed by atoms with E-state index in [1.807, 2.05) is 24.3 Å². The standard InChI is InChI=1S/C15H14FNO2S/c1-18-12-7-3-2-5-10(12)9-19-13-8-4-6-11(16)14(13)15(17)20/h2-8H,9H2,1H3,(H2,17,20). The number of methoxy groups -OCH3 is 1. The molecule has 0 bridgehead atoms. The number of halogens is 1. The van der Waals surface area contributed by atoms with Crippen LogP contribution in [0.4, 0.5) is 4.39 Å². The number of rotatable bonds is 5. The van der Waals surface area contributed by atoms with Crippen molar-refractivity contribution in [1.29, 1.82) is 0 Å². The Morgan fingerprint density at radius 2 is 1.85 bits per heavy atom. The fraction of sp³-hybridized carbons (Fsp3) is 0.133. The lowest BCUT2D eigenvalue weighted by Crippen LogP contribution is -2.14. The molecule has 0 unspecified atom stereocenters. The zero-order valence-electron chi connectivity index (χ0n) is 10.9. The van der Waals surface area contributed by atoms with Crippen molar-refractivity contribution in [2.45, 2.75) is 6.61 Å². The van der Waals surface area contributed by atoms with Crippen molar-refractivity contribution in [1.82, 2.24) is 0 Å². The van der Waals surface area contributed by atoms with Crippen molar-refractivity contribution in [2.75, 3.05) is 7.11 Å². The molecule has 0 spiro atoms. The van der Waals surface area contributed by atoms with E-state index in [1.54, 1.807) is 19.2 Å². The van der Waals surface area contributed by atoms with E-state index in [0.29, 0.717) is 11.5 Å². The van der Waals surface area contributed by atoms with Gasteiger partial charge in [0.2, 0.25) is 0 Å². The number of ether oxygens (including phenoxy) is 2. The Morgan fingerprint density at radius 3 is 2.55 bits per heavy atom. The molecular weight excluding hydrogens is 277 g/mol. The second kappa shape index (κ2) is 6.34. The second-order valence-corrected chi connectivity index (χ2v) is 4.52. The molecule has 2 rings (SSSR count). The maximum atomic E-state index is 13.7. The van der Waals surface area contributed by atoms with Gasteiger partial charge in [-0.15, -0.1) is 0 Å². The van der Waals surface area contributed by atoms with E-state index in [-0.39, 0.29) is 17.2 Å². The van der Waals surface area contributed by atoms with E-state index < -0.39 is 5.82 Å². The lowest BCUT2D eigenvalue weighted by molar-refractivity contribution is 0.295. The van der Waals surface area contributed by atoms with Gasteiger partial charge in [-0.25, -0.2) is 4.39 Å². The molecule has 2 aromatic rings. The molecule has 0 aliphatic heterocycles. The molecule has 0 atom stereocenters. The van der Waals surface area contributed by atoms with Gasteiger partial charge in [0, 0.05) is 5.56 Å². The van der Waals surface area contributed by atoms with E-state index >= 15 is 0 Å². The molecule has 2 aromatic carbocycles. The van der Waals surface area contributed by atoms with Crippen LogP contribution in [0.3, 0.4) is 0 Å². The predicted octanol–water partition coefficient (Wildman–Crippen LogP) is 3.05. The van der Waals surface area contributed by atoms with Gasteiger partial charge >= 0.3 is 0 Å². The highest BCUT2D eigenvalue weighted by atomic mass is 32.1. The Balaban J connectivity index is 2.23. The van der Waals surface area contributed by atoms with Crippen LogP contribution in [0.1, 0.15) is 11.1 Å². The molecule has 0 aliphatic rings. The van der Waals surface area contributed by atoms with Gasteiger partial charge in [-0.1, -0.05) is 36.5 Å². The van der Waals surface area contributed by atoms with Gasteiger partial charge in [0.05, 0.1) is 12.7 Å². The highest BCUT2D eigenvalue weighted by Gasteiger charge is 2.13. The van der Waals surface area contributed by atoms with Crippen LogP contribution in [0.2, 0.25) is 0 Å². The Bertz CT molecular complexity index is 631. The first-order valence-corrected chi connectivity index (χ1v) is 6.37. The summed E-state index contributed by atoms with van der Waals surface area (Å²) in [6.07, 6.45) is 0. The monoisotopic (exact) mass is 291 g/mol. The summed E-state index contributed by atoms with van der Waals surface area (Å²) in [7, 11) is 1.58. The SMILES string of the molecule is COc1ccccc1COc1cccc(F)c1C(N)=S. The first-order valence-electron chi connectivity index (χ1n) is 5.96. The maximum Gasteiger partial charge on any atom is 0.137 e. The van der Waals surface area contributed by atoms with Crippen LogP contribution < -0.4 is 15.2 Å². The van der Waals surface area contributed by atoms with Gasteiger partial charge in [-0.05, 0) is 18.2 Å². The predicted molar refractivity (Wildman–Crippen MR) is 79.6 cm³/mol. The van der Waals surface area contributed by atoms with Crippen LogP contribution in [0, 0.1) is 5.82 Å². The van der Waals surface area contributed by atoms with Gasteiger partial charge in [0.25, 0.3) is 0 Å². The lowest BCUT2D eigenvalue weighted by atomic mass is 10.2. The Labute approximate surface area is 122 Å². The largest absolute Gasteiger partial charge is 0.496 e. The Hall–Kier alpha value is -2.14. The van der Waals surface area contributed by atoms with Gasteiger partial charge in [-0.3, -0.25) is 0 Å². The van der Waals surface area contributed by atoms with Crippen molar-refractivity contribution >= 4 is 17.2 Å². The van der Waals surface area contributed by atoms with Crippen LogP contribution in [-0.2, 0) is 6.61 Å². The van der Waals surface area contributed by atoms with Crippen molar-refractivity contribution < 1.29 is 13.9 Å². The molecule has 0 saturated carbocycles. The summed E-state index contributed by atoms with van der Waals surface area (Å²) in [6.45, 7) is 0.239. The summed E-state index contributed by atoms with van der Waals surface area (Å²) in [5.41, 5.74) is 6.50. The molecule has 0 amide bonds. The number of hydrogen-bond acceptors (Lipinski definition) is 3. The summed E-state index contributed by atoms with van der Waals surface area (Å²) in [4.78, 5) is -0.0295. The fourth-order valence-corrected chi connectivity index (χ4v) is 2.04. The summed E-state index contributed by atoms with van der Waals surface area (Å²) in [5, 5.41) is 0. The number of hydrogen-bond donors (Lipinski definition) is 1. The van der Waals surface area contributed by atoms with E-state index in [4.69, 9.17) is 27.4 Å². The van der Waals surface area contributed by atoms with Gasteiger partial charge in [-0.2, -0.15) is 0 Å². The minimum Gasteiger partial charge on any atom is -0.496 e. The van der Waals surface area contributed by atoms with Crippen LogP contribution >= 0.6 is 12.2 Å². The molecule has 0 heterocycles. The minimum absolute atomic E-state index is 0.0295.